The van der Waals surface area contributed by atoms with Crippen LogP contribution >= 0.6 is 0 Å². The summed E-state index contributed by atoms with van der Waals surface area (Å²) in [5, 5.41) is 0. The van der Waals surface area contributed by atoms with E-state index in [2.05, 4.69) is 16.0 Å². The molecule has 0 aliphatic heterocycles. The highest BCUT2D eigenvalue weighted by Gasteiger charge is 2.30. The van der Waals surface area contributed by atoms with Crippen LogP contribution in [0.25, 0.3) is 11.0 Å². The van der Waals surface area contributed by atoms with E-state index in [1.165, 1.54) is 5.56 Å². The molecule has 0 amide bonds. The first-order valence-corrected chi connectivity index (χ1v) is 12.1. The number of methoxy groups -OCH3 is 1. The highest BCUT2D eigenvalue weighted by atomic mass is 16.5. The minimum atomic E-state index is -0.370. The van der Waals surface area contributed by atoms with E-state index >= 15 is 0 Å². The van der Waals surface area contributed by atoms with Crippen molar-refractivity contribution >= 4 is 17.0 Å². The largest absolute Gasteiger partial charge is 0.496 e. The monoisotopic (exact) mass is 470 g/mol. The Bertz CT molecular complexity index is 1300. The molecule has 0 spiro atoms. The lowest BCUT2D eigenvalue weighted by Crippen LogP contribution is -2.32. The molecule has 35 heavy (non-hydrogen) atoms. The summed E-state index contributed by atoms with van der Waals surface area (Å²) in [5.74, 6) is 1.03. The molecule has 0 saturated heterocycles. The standard InChI is InChI=1S/C28H30N4O3/c1-3-35-28(33)26-20(10-7-15-24(26)34-2)17-32(18-25-30-21-12-4-5-13-22(21)31-25)23-14-6-9-19-11-8-16-29-27(19)23/h4-5,7-8,10-13,15-16,23H,3,6,9,14,17-18H2,1-2H3,(H,30,31). The average molecular weight is 471 g/mol. The van der Waals surface area contributed by atoms with Crippen LogP contribution in [-0.4, -0.2) is 39.5 Å². The van der Waals surface area contributed by atoms with Gasteiger partial charge in [-0.25, -0.2) is 9.78 Å². The van der Waals surface area contributed by atoms with E-state index < -0.39 is 0 Å². The normalized spacial score (nSPS) is 15.2. The van der Waals surface area contributed by atoms with Crippen molar-refractivity contribution in [1.82, 2.24) is 19.9 Å². The number of aryl methyl sites for hydroxylation is 1. The van der Waals surface area contributed by atoms with Gasteiger partial charge in [0.05, 0.1) is 43.0 Å². The van der Waals surface area contributed by atoms with E-state index in [4.69, 9.17) is 19.4 Å². The molecule has 7 heteroatoms. The second-order valence-corrected chi connectivity index (χ2v) is 8.78. The predicted molar refractivity (Wildman–Crippen MR) is 134 cm³/mol. The third-order valence-electron chi connectivity index (χ3n) is 6.58. The molecule has 4 aromatic rings. The van der Waals surface area contributed by atoms with Gasteiger partial charge in [-0.3, -0.25) is 9.88 Å². The number of carbonyl (C=O) groups excluding carboxylic acids is 1. The van der Waals surface area contributed by atoms with Crippen LogP contribution in [0.4, 0.5) is 0 Å². The van der Waals surface area contributed by atoms with Crippen LogP contribution in [0.3, 0.4) is 0 Å². The quantitative estimate of drug-likeness (QED) is 0.356. The van der Waals surface area contributed by atoms with Gasteiger partial charge < -0.3 is 14.5 Å². The van der Waals surface area contributed by atoms with Gasteiger partial charge in [-0.1, -0.05) is 30.3 Å². The zero-order valence-corrected chi connectivity index (χ0v) is 20.2. The fraction of sp³-hybridized carbons (Fsp3) is 0.321. The number of hydrogen-bond acceptors (Lipinski definition) is 6. The second kappa shape index (κ2) is 10.3. The van der Waals surface area contributed by atoms with Gasteiger partial charge in [-0.15, -0.1) is 0 Å². The first-order valence-electron chi connectivity index (χ1n) is 12.1. The number of aromatic nitrogens is 3. The van der Waals surface area contributed by atoms with Gasteiger partial charge in [0.1, 0.15) is 17.1 Å². The number of esters is 1. The fourth-order valence-electron chi connectivity index (χ4n) is 5.02. The molecule has 2 aromatic carbocycles. The number of nitrogens with one attached hydrogen (secondary N) is 1. The third kappa shape index (κ3) is 4.77. The zero-order valence-electron chi connectivity index (χ0n) is 20.2. The molecule has 0 fully saturated rings. The van der Waals surface area contributed by atoms with E-state index in [1.54, 1.807) is 13.2 Å². The fourth-order valence-corrected chi connectivity index (χ4v) is 5.02. The molecular weight excluding hydrogens is 440 g/mol. The first-order chi connectivity index (χ1) is 17.2. The molecule has 1 aliphatic rings. The maximum absolute atomic E-state index is 12.9. The smallest absolute Gasteiger partial charge is 0.342 e. The number of H-pyrrole nitrogens is 1. The molecule has 2 heterocycles. The minimum absolute atomic E-state index is 0.106. The maximum atomic E-state index is 12.9. The van der Waals surface area contributed by atoms with Crippen LogP contribution in [0.5, 0.6) is 5.75 Å². The second-order valence-electron chi connectivity index (χ2n) is 8.78. The van der Waals surface area contributed by atoms with Gasteiger partial charge in [-0.2, -0.15) is 0 Å². The molecule has 1 atom stereocenters. The van der Waals surface area contributed by atoms with E-state index in [0.29, 0.717) is 31.0 Å². The van der Waals surface area contributed by atoms with E-state index in [9.17, 15) is 4.79 Å². The molecule has 0 bridgehead atoms. The van der Waals surface area contributed by atoms with Crippen molar-refractivity contribution in [2.24, 2.45) is 0 Å². The number of carbonyl (C=O) groups is 1. The van der Waals surface area contributed by atoms with Crippen molar-refractivity contribution in [1.29, 1.82) is 0 Å². The summed E-state index contributed by atoms with van der Waals surface area (Å²) in [4.78, 5) is 28.4. The van der Waals surface area contributed by atoms with Crippen LogP contribution in [0.2, 0.25) is 0 Å². The SMILES string of the molecule is CCOC(=O)c1c(CN(Cc2nc3ccccc3[nH]2)C2CCCc3cccnc32)cccc1OC. The van der Waals surface area contributed by atoms with Gasteiger partial charge in [-0.05, 0) is 61.6 Å². The summed E-state index contributed by atoms with van der Waals surface area (Å²) in [6.45, 7) is 3.24. The number of pyridine rings is 1. The molecule has 1 aliphatic carbocycles. The Balaban J connectivity index is 1.55. The summed E-state index contributed by atoms with van der Waals surface area (Å²) in [5.41, 5.74) is 5.69. The number of benzene rings is 2. The van der Waals surface area contributed by atoms with Gasteiger partial charge in [0.2, 0.25) is 0 Å². The summed E-state index contributed by atoms with van der Waals surface area (Å²) < 4.78 is 10.9. The van der Waals surface area contributed by atoms with E-state index in [1.807, 2.05) is 55.6 Å². The number of para-hydroxylation sites is 2. The van der Waals surface area contributed by atoms with Crippen LogP contribution in [-0.2, 0) is 24.2 Å². The Kier molecular flexibility index (Phi) is 6.77. The number of fused-ring (bicyclic) bond motifs is 2. The summed E-state index contributed by atoms with van der Waals surface area (Å²) >= 11 is 0. The lowest BCUT2D eigenvalue weighted by Gasteiger charge is -2.35. The zero-order chi connectivity index (χ0) is 24.2. The van der Waals surface area contributed by atoms with E-state index in [-0.39, 0.29) is 12.0 Å². The number of aromatic amines is 1. The van der Waals surface area contributed by atoms with Crippen molar-refractivity contribution in [2.75, 3.05) is 13.7 Å². The molecule has 1 N–H and O–H groups in total. The Morgan fingerprint density at radius 3 is 2.83 bits per heavy atom. The highest BCUT2D eigenvalue weighted by molar-refractivity contribution is 5.94. The van der Waals surface area contributed by atoms with Gasteiger partial charge >= 0.3 is 5.97 Å². The highest BCUT2D eigenvalue weighted by Crippen LogP contribution is 2.36. The van der Waals surface area contributed by atoms with Gasteiger partial charge in [0.25, 0.3) is 0 Å². The molecule has 5 rings (SSSR count). The lowest BCUT2D eigenvalue weighted by atomic mass is 9.90. The lowest BCUT2D eigenvalue weighted by molar-refractivity contribution is 0.0518. The third-order valence-corrected chi connectivity index (χ3v) is 6.58. The van der Waals surface area contributed by atoms with Crippen LogP contribution < -0.4 is 4.74 Å². The Labute approximate surface area is 205 Å². The molecule has 0 saturated carbocycles. The van der Waals surface area contributed by atoms with Crippen molar-refractivity contribution < 1.29 is 14.3 Å². The van der Waals surface area contributed by atoms with E-state index in [0.717, 1.165) is 47.4 Å². The van der Waals surface area contributed by atoms with Gasteiger partial charge in [0, 0.05) is 12.7 Å². The van der Waals surface area contributed by atoms with Crippen molar-refractivity contribution in [3.05, 3.63) is 89.0 Å². The Morgan fingerprint density at radius 1 is 1.11 bits per heavy atom. The maximum Gasteiger partial charge on any atom is 0.342 e. The van der Waals surface area contributed by atoms with Gasteiger partial charge in [0.15, 0.2) is 0 Å². The number of nitrogens with zero attached hydrogens (tertiary/aromatic N) is 3. The Morgan fingerprint density at radius 2 is 2.00 bits per heavy atom. The molecule has 7 nitrogen and oxygen atoms in total. The van der Waals surface area contributed by atoms with Crippen LogP contribution in [0, 0.1) is 0 Å². The van der Waals surface area contributed by atoms with Crippen LogP contribution in [0.1, 0.15) is 58.8 Å². The number of hydrogen-bond donors (Lipinski definition) is 1. The number of ether oxygens (including phenoxy) is 2. The number of imidazole rings is 1. The van der Waals surface area contributed by atoms with Crippen LogP contribution in [0.15, 0.2) is 60.8 Å². The van der Waals surface area contributed by atoms with Crippen molar-refractivity contribution in [3.8, 4) is 5.75 Å². The molecule has 180 valence electrons. The molecule has 1 unspecified atom stereocenters. The molecular formula is C28H30N4O3. The Hall–Kier alpha value is -3.71. The van der Waals surface area contributed by atoms with Crippen molar-refractivity contribution in [2.45, 2.75) is 45.3 Å². The van der Waals surface area contributed by atoms with Crippen molar-refractivity contribution in [3.63, 3.8) is 0 Å². The average Bonchev–Trinajstić information content (AvgIpc) is 3.30. The summed E-state index contributed by atoms with van der Waals surface area (Å²) in [7, 11) is 1.58. The molecule has 0 radical (unpaired) electrons. The first kappa shape index (κ1) is 23.1. The topological polar surface area (TPSA) is 80.3 Å². The predicted octanol–water partition coefficient (Wildman–Crippen LogP) is 5.22. The minimum Gasteiger partial charge on any atom is -0.496 e. The summed E-state index contributed by atoms with van der Waals surface area (Å²) in [6.07, 6.45) is 4.98. The molecule has 2 aromatic heterocycles. The summed E-state index contributed by atoms with van der Waals surface area (Å²) in [6, 6.07) is 18.0. The number of rotatable bonds is 8.